The lowest BCUT2D eigenvalue weighted by molar-refractivity contribution is -0.116. The Morgan fingerprint density at radius 1 is 1.08 bits per heavy atom. The van der Waals surface area contributed by atoms with Crippen molar-refractivity contribution in [1.82, 2.24) is 5.32 Å². The van der Waals surface area contributed by atoms with Gasteiger partial charge in [0.15, 0.2) is 0 Å². The van der Waals surface area contributed by atoms with Crippen LogP contribution in [0, 0.1) is 13.8 Å². The zero-order chi connectivity index (χ0) is 17.7. The zero-order valence-electron chi connectivity index (χ0n) is 13.6. The van der Waals surface area contributed by atoms with E-state index in [9.17, 15) is 9.59 Å². The molecule has 24 heavy (non-hydrogen) atoms. The number of aryl methyl sites for hydroxylation is 2. The smallest absolute Gasteiger partial charge is 0.312 e. The van der Waals surface area contributed by atoms with E-state index in [1.165, 1.54) is 0 Å². The summed E-state index contributed by atoms with van der Waals surface area (Å²) in [6.45, 7) is 3.93. The number of primary amides is 1. The molecule has 0 bridgehead atoms. The lowest BCUT2D eigenvalue weighted by Crippen LogP contribution is -2.35. The summed E-state index contributed by atoms with van der Waals surface area (Å²) in [4.78, 5) is 23.6. The van der Waals surface area contributed by atoms with Crippen LogP contribution in [-0.2, 0) is 4.79 Å². The summed E-state index contributed by atoms with van der Waals surface area (Å²) in [7, 11) is 0. The Morgan fingerprint density at radius 2 is 1.67 bits per heavy atom. The van der Waals surface area contributed by atoms with E-state index in [4.69, 9.17) is 17.3 Å². The number of carbonyl (C=O) groups is 2. The second-order valence-electron chi connectivity index (χ2n) is 5.74. The monoisotopic (exact) mass is 345 g/mol. The van der Waals surface area contributed by atoms with Gasteiger partial charge in [-0.3, -0.25) is 4.79 Å². The largest absolute Gasteiger partial charge is 0.352 e. The highest BCUT2D eigenvalue weighted by Crippen LogP contribution is 2.21. The fraction of sp³-hybridized carbons (Fsp3) is 0.222. The first-order valence-corrected chi connectivity index (χ1v) is 7.91. The minimum atomic E-state index is -0.686. The molecule has 6 heteroatoms. The molecule has 0 aliphatic rings. The molecule has 0 saturated carbocycles. The average molecular weight is 346 g/mol. The fourth-order valence-electron chi connectivity index (χ4n) is 2.56. The molecule has 0 saturated heterocycles. The third-order valence-electron chi connectivity index (χ3n) is 3.48. The number of carbonyl (C=O) groups excluding carboxylic acids is 2. The van der Waals surface area contributed by atoms with Crippen molar-refractivity contribution in [1.29, 1.82) is 0 Å². The van der Waals surface area contributed by atoms with E-state index >= 15 is 0 Å². The van der Waals surface area contributed by atoms with Crippen molar-refractivity contribution in [3.05, 3.63) is 64.2 Å². The van der Waals surface area contributed by atoms with Crippen molar-refractivity contribution in [2.45, 2.75) is 26.3 Å². The fourth-order valence-corrected chi connectivity index (χ4v) is 2.69. The first-order chi connectivity index (χ1) is 11.3. The van der Waals surface area contributed by atoms with Crippen LogP contribution in [0.25, 0.3) is 0 Å². The van der Waals surface area contributed by atoms with Crippen molar-refractivity contribution in [2.24, 2.45) is 5.73 Å². The first kappa shape index (κ1) is 17.8. The van der Waals surface area contributed by atoms with Gasteiger partial charge in [0, 0.05) is 10.7 Å². The molecule has 0 aliphatic heterocycles. The van der Waals surface area contributed by atoms with Gasteiger partial charge in [0.05, 0.1) is 12.5 Å². The van der Waals surface area contributed by atoms with Gasteiger partial charge in [0.1, 0.15) is 0 Å². The van der Waals surface area contributed by atoms with Crippen LogP contribution >= 0.6 is 11.6 Å². The summed E-state index contributed by atoms with van der Waals surface area (Å²) >= 11 is 5.87. The predicted octanol–water partition coefficient (Wildman–Crippen LogP) is 3.70. The van der Waals surface area contributed by atoms with E-state index in [-0.39, 0.29) is 12.3 Å². The zero-order valence-corrected chi connectivity index (χ0v) is 14.4. The van der Waals surface area contributed by atoms with Crippen molar-refractivity contribution in [3.63, 3.8) is 0 Å². The molecule has 2 aromatic rings. The van der Waals surface area contributed by atoms with Gasteiger partial charge >= 0.3 is 6.03 Å². The number of benzene rings is 2. The molecule has 0 unspecified atom stereocenters. The van der Waals surface area contributed by atoms with Crippen molar-refractivity contribution < 1.29 is 9.59 Å². The molecule has 2 aromatic carbocycles. The average Bonchev–Trinajstić information content (AvgIpc) is 2.45. The van der Waals surface area contributed by atoms with Gasteiger partial charge in [-0.2, -0.15) is 0 Å². The molecular formula is C18H20ClN3O2. The SMILES string of the molecule is Cc1cc(C)cc(NC(=O)C[C@H](NC(N)=O)c2ccc(Cl)cc2)c1. The Kier molecular flexibility index (Phi) is 5.82. The van der Waals surface area contributed by atoms with Gasteiger partial charge in [-0.25, -0.2) is 4.79 Å². The topological polar surface area (TPSA) is 84.2 Å². The molecule has 2 rings (SSSR count). The number of hydrogen-bond acceptors (Lipinski definition) is 2. The number of rotatable bonds is 5. The van der Waals surface area contributed by atoms with Crippen LogP contribution in [0.15, 0.2) is 42.5 Å². The lowest BCUT2D eigenvalue weighted by Gasteiger charge is -2.18. The van der Waals surface area contributed by atoms with Crippen molar-refractivity contribution >= 4 is 29.2 Å². The molecule has 3 amide bonds. The third kappa shape index (κ3) is 5.28. The number of amides is 3. The van der Waals surface area contributed by atoms with Gasteiger partial charge in [-0.1, -0.05) is 29.8 Å². The highest BCUT2D eigenvalue weighted by Gasteiger charge is 2.17. The standard InChI is InChI=1S/C18H20ClN3O2/c1-11-7-12(2)9-15(8-11)21-17(23)10-16(22-18(20)24)13-3-5-14(19)6-4-13/h3-9,16H,10H2,1-2H3,(H,21,23)(H3,20,22,24)/t16-/m0/s1. The highest BCUT2D eigenvalue weighted by molar-refractivity contribution is 6.30. The van der Waals surface area contributed by atoms with Gasteiger partial charge in [-0.15, -0.1) is 0 Å². The van der Waals surface area contributed by atoms with Gasteiger partial charge < -0.3 is 16.4 Å². The highest BCUT2D eigenvalue weighted by atomic mass is 35.5. The minimum absolute atomic E-state index is 0.0670. The molecule has 1 atom stereocenters. The molecule has 0 fully saturated rings. The van der Waals surface area contributed by atoms with Crippen molar-refractivity contribution in [3.8, 4) is 0 Å². The van der Waals surface area contributed by atoms with E-state index in [2.05, 4.69) is 10.6 Å². The van der Waals surface area contributed by atoms with Crippen LogP contribution in [0.1, 0.15) is 29.2 Å². The molecule has 0 spiro atoms. The van der Waals surface area contributed by atoms with Gasteiger partial charge in [0.2, 0.25) is 5.91 Å². The summed E-state index contributed by atoms with van der Waals surface area (Å²) in [6.07, 6.45) is 0.0670. The van der Waals surface area contributed by atoms with Gasteiger partial charge in [0.25, 0.3) is 0 Å². The number of urea groups is 1. The van der Waals surface area contributed by atoms with Crippen LogP contribution in [0.4, 0.5) is 10.5 Å². The predicted molar refractivity (Wildman–Crippen MR) is 96.1 cm³/mol. The Morgan fingerprint density at radius 3 is 2.21 bits per heavy atom. The van der Waals surface area contributed by atoms with Crippen LogP contribution in [0.5, 0.6) is 0 Å². The Balaban J connectivity index is 2.11. The molecule has 0 aromatic heterocycles. The summed E-state index contributed by atoms with van der Waals surface area (Å²) in [6, 6.07) is 11.5. The van der Waals surface area contributed by atoms with Crippen LogP contribution < -0.4 is 16.4 Å². The van der Waals surface area contributed by atoms with Crippen LogP contribution in [0.3, 0.4) is 0 Å². The summed E-state index contributed by atoms with van der Waals surface area (Å²) in [5.74, 6) is -0.214. The maximum absolute atomic E-state index is 12.3. The number of halogens is 1. The summed E-state index contributed by atoms with van der Waals surface area (Å²) in [5, 5.41) is 6.02. The maximum atomic E-state index is 12.3. The lowest BCUT2D eigenvalue weighted by atomic mass is 10.0. The number of nitrogens with two attached hydrogens (primary N) is 1. The molecule has 126 valence electrons. The van der Waals surface area contributed by atoms with E-state index < -0.39 is 12.1 Å². The van der Waals surface area contributed by atoms with Crippen molar-refractivity contribution in [2.75, 3.05) is 5.32 Å². The Hall–Kier alpha value is -2.53. The number of anilines is 1. The van der Waals surface area contributed by atoms with E-state index in [0.29, 0.717) is 5.02 Å². The van der Waals surface area contributed by atoms with Crippen LogP contribution in [-0.4, -0.2) is 11.9 Å². The first-order valence-electron chi connectivity index (χ1n) is 7.53. The molecule has 0 aliphatic carbocycles. The van der Waals surface area contributed by atoms with Gasteiger partial charge in [-0.05, 0) is 54.8 Å². The second kappa shape index (κ2) is 7.84. The van der Waals surface area contributed by atoms with E-state index in [1.54, 1.807) is 24.3 Å². The normalized spacial score (nSPS) is 11.6. The quantitative estimate of drug-likeness (QED) is 0.772. The number of hydrogen-bond donors (Lipinski definition) is 3. The second-order valence-corrected chi connectivity index (χ2v) is 6.18. The van der Waals surface area contributed by atoms with Crippen LogP contribution in [0.2, 0.25) is 5.02 Å². The third-order valence-corrected chi connectivity index (χ3v) is 3.74. The Bertz CT molecular complexity index is 724. The molecular weight excluding hydrogens is 326 g/mol. The van der Waals surface area contributed by atoms with E-state index in [1.807, 2.05) is 32.0 Å². The molecule has 0 radical (unpaired) electrons. The molecule has 5 nitrogen and oxygen atoms in total. The summed E-state index contributed by atoms with van der Waals surface area (Å²) < 4.78 is 0. The minimum Gasteiger partial charge on any atom is -0.352 e. The van der Waals surface area contributed by atoms with E-state index in [0.717, 1.165) is 22.4 Å². The summed E-state index contributed by atoms with van der Waals surface area (Å²) in [5.41, 5.74) is 8.84. The maximum Gasteiger partial charge on any atom is 0.312 e. The number of nitrogens with one attached hydrogen (secondary N) is 2. The molecule has 4 N–H and O–H groups in total. The molecule has 0 heterocycles. The Labute approximate surface area is 146 Å².